The van der Waals surface area contributed by atoms with Gasteiger partial charge in [0.15, 0.2) is 0 Å². The summed E-state index contributed by atoms with van der Waals surface area (Å²) in [6, 6.07) is 0.152. The van der Waals surface area contributed by atoms with Crippen molar-refractivity contribution in [1.82, 2.24) is 9.03 Å². The van der Waals surface area contributed by atoms with Crippen LogP contribution in [0.4, 0.5) is 0 Å². The van der Waals surface area contributed by atoms with Gasteiger partial charge in [-0.15, -0.1) is 0 Å². The first-order valence-electron chi connectivity index (χ1n) is 7.33. The van der Waals surface area contributed by atoms with Crippen LogP contribution in [0.25, 0.3) is 0 Å². The Bertz CT molecular complexity index is 387. The molecule has 0 aliphatic heterocycles. The van der Waals surface area contributed by atoms with E-state index in [1.54, 1.807) is 7.05 Å². The molecule has 6 heteroatoms. The fourth-order valence-corrected chi connectivity index (χ4v) is 4.21. The summed E-state index contributed by atoms with van der Waals surface area (Å²) >= 11 is 0. The van der Waals surface area contributed by atoms with Crippen LogP contribution in [0.15, 0.2) is 0 Å². The van der Waals surface area contributed by atoms with E-state index in [1.165, 1.54) is 10.7 Å². The summed E-state index contributed by atoms with van der Waals surface area (Å²) in [7, 11) is -1.69. The fourth-order valence-electron chi connectivity index (χ4n) is 2.92. The van der Waals surface area contributed by atoms with Gasteiger partial charge in [-0.2, -0.15) is 12.7 Å². The average molecular weight is 290 g/mol. The summed E-state index contributed by atoms with van der Waals surface area (Å²) in [5.74, 6) is 0. The highest BCUT2D eigenvalue weighted by Crippen LogP contribution is 2.48. The lowest BCUT2D eigenvalue weighted by atomic mass is 9.96. The molecule has 0 atom stereocenters. The Morgan fingerprint density at radius 1 is 1.26 bits per heavy atom. The molecule has 19 heavy (non-hydrogen) atoms. The minimum absolute atomic E-state index is 0.0230. The second-order valence-corrected chi connectivity index (χ2v) is 7.92. The van der Waals surface area contributed by atoms with Crippen LogP contribution in [0.2, 0.25) is 0 Å². The molecule has 0 amide bonds. The van der Waals surface area contributed by atoms with E-state index < -0.39 is 10.2 Å². The summed E-state index contributed by atoms with van der Waals surface area (Å²) in [5.41, 5.74) is 0.0230. The number of hydrogen-bond acceptors (Lipinski definition) is 3. The summed E-state index contributed by atoms with van der Waals surface area (Å²) in [6.45, 7) is 0.604. The second kappa shape index (κ2) is 6.08. The van der Waals surface area contributed by atoms with Crippen LogP contribution < -0.4 is 4.72 Å². The minimum atomic E-state index is -3.37. The van der Waals surface area contributed by atoms with Crippen LogP contribution in [-0.4, -0.2) is 44.1 Å². The normalized spacial score (nSPS) is 23.7. The van der Waals surface area contributed by atoms with E-state index >= 15 is 0 Å². The Kier molecular flexibility index (Phi) is 4.87. The van der Waals surface area contributed by atoms with E-state index in [2.05, 4.69) is 4.72 Å². The predicted octanol–water partition coefficient (Wildman–Crippen LogP) is 1.25. The number of nitrogens with zero attached hydrogens (tertiary/aromatic N) is 1. The van der Waals surface area contributed by atoms with Crippen molar-refractivity contribution >= 4 is 10.2 Å². The topological polar surface area (TPSA) is 69.6 Å². The Hall–Kier alpha value is -0.170. The molecule has 0 radical (unpaired) electrons. The Labute approximate surface area is 116 Å². The van der Waals surface area contributed by atoms with E-state index in [1.807, 2.05) is 0 Å². The third kappa shape index (κ3) is 3.90. The molecule has 0 bridgehead atoms. The molecule has 2 aliphatic carbocycles. The maximum atomic E-state index is 12.3. The SMILES string of the molecule is CN(C1CCCCC1)S(=O)(=O)NCC1(CCO)CC1. The summed E-state index contributed by atoms with van der Waals surface area (Å²) < 4.78 is 28.8. The molecule has 0 unspecified atom stereocenters. The highest BCUT2D eigenvalue weighted by molar-refractivity contribution is 7.87. The van der Waals surface area contributed by atoms with Crippen LogP contribution in [0.3, 0.4) is 0 Å². The van der Waals surface area contributed by atoms with Crippen LogP contribution in [0.1, 0.15) is 51.4 Å². The predicted molar refractivity (Wildman–Crippen MR) is 74.9 cm³/mol. The first-order valence-corrected chi connectivity index (χ1v) is 8.77. The van der Waals surface area contributed by atoms with Gasteiger partial charge in [0.25, 0.3) is 10.2 Å². The monoisotopic (exact) mass is 290 g/mol. The van der Waals surface area contributed by atoms with Crippen molar-refractivity contribution in [2.24, 2.45) is 5.41 Å². The summed E-state index contributed by atoms with van der Waals surface area (Å²) in [4.78, 5) is 0. The van der Waals surface area contributed by atoms with Gasteiger partial charge in [0.05, 0.1) is 0 Å². The lowest BCUT2D eigenvalue weighted by Gasteiger charge is -2.31. The van der Waals surface area contributed by atoms with Crippen molar-refractivity contribution in [3.05, 3.63) is 0 Å². The average Bonchev–Trinajstić information content (AvgIpc) is 3.18. The zero-order valence-electron chi connectivity index (χ0n) is 11.8. The maximum Gasteiger partial charge on any atom is 0.279 e. The van der Waals surface area contributed by atoms with Gasteiger partial charge in [-0.3, -0.25) is 0 Å². The fraction of sp³-hybridized carbons (Fsp3) is 1.00. The molecule has 5 nitrogen and oxygen atoms in total. The molecule has 2 aliphatic rings. The van der Waals surface area contributed by atoms with Crippen LogP contribution in [0, 0.1) is 5.41 Å². The van der Waals surface area contributed by atoms with Crippen LogP contribution >= 0.6 is 0 Å². The molecule has 0 heterocycles. The Balaban J connectivity index is 1.86. The van der Waals surface area contributed by atoms with Crippen molar-refractivity contribution in [1.29, 1.82) is 0 Å². The van der Waals surface area contributed by atoms with Crippen molar-refractivity contribution in [3.8, 4) is 0 Å². The Morgan fingerprint density at radius 2 is 1.89 bits per heavy atom. The molecule has 0 aromatic heterocycles. The molecular weight excluding hydrogens is 264 g/mol. The first kappa shape index (κ1) is 15.2. The van der Waals surface area contributed by atoms with E-state index in [0.29, 0.717) is 13.0 Å². The third-order valence-corrected chi connectivity index (χ3v) is 6.26. The van der Waals surface area contributed by atoms with Crippen molar-refractivity contribution in [3.63, 3.8) is 0 Å². The van der Waals surface area contributed by atoms with Crippen LogP contribution in [0.5, 0.6) is 0 Å². The van der Waals surface area contributed by atoms with E-state index in [4.69, 9.17) is 5.11 Å². The molecule has 2 N–H and O–H groups in total. The molecule has 112 valence electrons. The van der Waals surface area contributed by atoms with Gasteiger partial charge in [-0.1, -0.05) is 19.3 Å². The molecular formula is C13H26N2O3S. The molecule has 0 aromatic rings. The lowest BCUT2D eigenvalue weighted by molar-refractivity contribution is 0.246. The molecule has 2 rings (SSSR count). The zero-order valence-corrected chi connectivity index (χ0v) is 12.6. The molecule has 2 fully saturated rings. The minimum Gasteiger partial charge on any atom is -0.396 e. The zero-order chi connectivity index (χ0) is 13.9. The molecule has 0 aromatic carbocycles. The van der Waals surface area contributed by atoms with Crippen molar-refractivity contribution < 1.29 is 13.5 Å². The molecule has 2 saturated carbocycles. The quantitative estimate of drug-likeness (QED) is 0.741. The van der Waals surface area contributed by atoms with Crippen molar-refractivity contribution in [2.45, 2.75) is 57.4 Å². The maximum absolute atomic E-state index is 12.3. The van der Waals surface area contributed by atoms with Gasteiger partial charge in [-0.25, -0.2) is 4.72 Å². The number of nitrogens with one attached hydrogen (secondary N) is 1. The Morgan fingerprint density at radius 3 is 2.42 bits per heavy atom. The van der Waals surface area contributed by atoms with Crippen molar-refractivity contribution in [2.75, 3.05) is 20.2 Å². The number of aliphatic hydroxyl groups excluding tert-OH is 1. The van der Waals surface area contributed by atoms with Gasteiger partial charge >= 0.3 is 0 Å². The van der Waals surface area contributed by atoms with Gasteiger partial charge in [0, 0.05) is 26.2 Å². The smallest absolute Gasteiger partial charge is 0.279 e. The van der Waals surface area contributed by atoms with Gasteiger partial charge < -0.3 is 5.11 Å². The number of aliphatic hydroxyl groups is 1. The van der Waals surface area contributed by atoms with E-state index in [0.717, 1.165) is 38.5 Å². The van der Waals surface area contributed by atoms with Gasteiger partial charge in [0.1, 0.15) is 0 Å². The second-order valence-electron chi connectivity index (χ2n) is 6.11. The first-order chi connectivity index (χ1) is 8.99. The highest BCUT2D eigenvalue weighted by atomic mass is 32.2. The molecule has 0 saturated heterocycles. The number of rotatable bonds is 7. The van der Waals surface area contributed by atoms with Gasteiger partial charge in [-0.05, 0) is 37.5 Å². The van der Waals surface area contributed by atoms with Gasteiger partial charge in [0.2, 0.25) is 0 Å². The highest BCUT2D eigenvalue weighted by Gasteiger charge is 2.43. The van der Waals surface area contributed by atoms with E-state index in [-0.39, 0.29) is 18.1 Å². The largest absolute Gasteiger partial charge is 0.396 e. The molecule has 0 spiro atoms. The number of hydrogen-bond donors (Lipinski definition) is 2. The summed E-state index contributed by atoms with van der Waals surface area (Å²) in [6.07, 6.45) is 8.14. The standard InChI is InChI=1S/C13H26N2O3S/c1-15(12-5-3-2-4-6-12)19(17,18)14-11-13(7-8-13)9-10-16/h12,14,16H,2-11H2,1H3. The lowest BCUT2D eigenvalue weighted by Crippen LogP contribution is -2.46. The van der Waals surface area contributed by atoms with Crippen LogP contribution in [-0.2, 0) is 10.2 Å². The van der Waals surface area contributed by atoms with E-state index in [9.17, 15) is 8.42 Å². The summed E-state index contributed by atoms with van der Waals surface area (Å²) in [5, 5.41) is 9.00. The third-order valence-electron chi connectivity index (χ3n) is 4.70.